The molecule has 0 saturated carbocycles. The van der Waals surface area contributed by atoms with Crippen LogP contribution in [0, 0.1) is 12.7 Å². The van der Waals surface area contributed by atoms with E-state index in [-0.39, 0.29) is 28.8 Å². The van der Waals surface area contributed by atoms with E-state index in [2.05, 4.69) is 19.7 Å². The van der Waals surface area contributed by atoms with E-state index in [1.807, 2.05) is 0 Å². The van der Waals surface area contributed by atoms with E-state index in [9.17, 15) is 17.6 Å². The van der Waals surface area contributed by atoms with Crippen molar-refractivity contribution in [1.82, 2.24) is 19.7 Å². The molecule has 1 aliphatic carbocycles. The van der Waals surface area contributed by atoms with Crippen molar-refractivity contribution in [2.45, 2.75) is 13.3 Å². The first kappa shape index (κ1) is 31.2. The van der Waals surface area contributed by atoms with Gasteiger partial charge in [0.1, 0.15) is 18.2 Å². The van der Waals surface area contributed by atoms with E-state index in [0.29, 0.717) is 66.6 Å². The lowest BCUT2D eigenvalue weighted by Crippen LogP contribution is -2.38. The van der Waals surface area contributed by atoms with Crippen LogP contribution in [0.25, 0.3) is 11.8 Å². The largest absolute Gasteiger partial charge is 0.490 e. The average molecular weight is 649 g/mol. The first-order valence-corrected chi connectivity index (χ1v) is 16.5. The van der Waals surface area contributed by atoms with Gasteiger partial charge in [0.05, 0.1) is 48.8 Å². The third-order valence-corrected chi connectivity index (χ3v) is 8.29. The Hall–Kier alpha value is -4.79. The van der Waals surface area contributed by atoms with Gasteiger partial charge in [0.2, 0.25) is 15.9 Å². The maximum absolute atomic E-state index is 14.0. The number of aromatic nitrogens is 3. The highest BCUT2D eigenvalue weighted by atomic mass is 32.2. The van der Waals surface area contributed by atoms with Crippen LogP contribution in [0.3, 0.4) is 0 Å². The van der Waals surface area contributed by atoms with Crippen molar-refractivity contribution in [3.8, 4) is 23.1 Å². The summed E-state index contributed by atoms with van der Waals surface area (Å²) in [6.45, 7) is 5.77. The quantitative estimate of drug-likeness (QED) is 0.229. The Bertz CT molecular complexity index is 1940. The predicted molar refractivity (Wildman–Crippen MR) is 171 cm³/mol. The summed E-state index contributed by atoms with van der Waals surface area (Å²) in [5.74, 6) is -0.0677. The second kappa shape index (κ2) is 12.9. The van der Waals surface area contributed by atoms with Gasteiger partial charge in [-0.25, -0.2) is 22.5 Å². The maximum Gasteiger partial charge on any atom is 0.229 e. The number of nitrogens with zero attached hydrogens (tertiary/aromatic N) is 4. The summed E-state index contributed by atoms with van der Waals surface area (Å²) in [5, 5.41) is 4.35. The molecule has 2 aromatic heterocycles. The van der Waals surface area contributed by atoms with E-state index in [1.165, 1.54) is 29.2 Å². The van der Waals surface area contributed by atoms with Gasteiger partial charge in [-0.05, 0) is 54.0 Å². The molecule has 0 amide bonds. The van der Waals surface area contributed by atoms with Crippen LogP contribution < -0.4 is 19.9 Å². The van der Waals surface area contributed by atoms with Crippen molar-refractivity contribution < 1.29 is 31.8 Å². The number of nitrogen functional groups attached to an aromatic ring is 1. The number of sulfonamides is 1. The number of para-hydroxylation sites is 1. The van der Waals surface area contributed by atoms with Crippen LogP contribution in [0.15, 0.2) is 60.4 Å². The number of carbonyl (C=O) groups is 1. The molecule has 2 aromatic carbocycles. The smallest absolute Gasteiger partial charge is 0.229 e. The Morgan fingerprint density at radius 1 is 1.13 bits per heavy atom. The molecular formula is C32H33FN6O6S. The second-order valence-electron chi connectivity index (χ2n) is 11.1. The van der Waals surface area contributed by atoms with Crippen LogP contribution >= 0.6 is 0 Å². The Morgan fingerprint density at radius 2 is 1.91 bits per heavy atom. The molecule has 46 heavy (non-hydrogen) atoms. The van der Waals surface area contributed by atoms with Gasteiger partial charge in [-0.2, -0.15) is 5.10 Å². The number of Topliss-reactive ketones (excluding diaryl/α,β-unsaturated/α-hetero) is 1. The van der Waals surface area contributed by atoms with Crippen molar-refractivity contribution >= 4 is 33.4 Å². The van der Waals surface area contributed by atoms with Gasteiger partial charge in [0.25, 0.3) is 0 Å². The van der Waals surface area contributed by atoms with Crippen molar-refractivity contribution in [2.75, 3.05) is 56.2 Å². The van der Waals surface area contributed by atoms with Gasteiger partial charge >= 0.3 is 0 Å². The standard InChI is InChI=1S/C32H33FN6O6S/c1-20-13-30(45-28-6-4-3-5-25(28)33)35-19-27(20)39-32(34)24(18-36-39)31(40)23-14-21-16-26(37-46(2,41)42)29(17-22(21)15-23)44-12-9-38-7-10-43-11-8-38/h3-6,13-14,16-19,37H,7-12,15,34H2,1-2H3. The molecule has 4 aromatic rings. The number of ketones is 1. The van der Waals surface area contributed by atoms with Crippen LogP contribution in [0.1, 0.15) is 27.0 Å². The molecule has 1 saturated heterocycles. The minimum absolute atomic E-state index is 0.0466. The summed E-state index contributed by atoms with van der Waals surface area (Å²) in [7, 11) is -3.59. The zero-order valence-electron chi connectivity index (χ0n) is 25.3. The van der Waals surface area contributed by atoms with Gasteiger partial charge in [-0.15, -0.1) is 0 Å². The van der Waals surface area contributed by atoms with Crippen LogP contribution in [-0.4, -0.2) is 79.6 Å². The Labute approximate surface area is 265 Å². The van der Waals surface area contributed by atoms with Gasteiger partial charge < -0.3 is 19.9 Å². The van der Waals surface area contributed by atoms with Crippen LogP contribution in [0.5, 0.6) is 17.4 Å². The molecule has 14 heteroatoms. The average Bonchev–Trinajstić information content (AvgIpc) is 3.61. The van der Waals surface area contributed by atoms with Gasteiger partial charge in [0, 0.05) is 37.7 Å². The first-order chi connectivity index (χ1) is 22.1. The topological polar surface area (TPSA) is 151 Å². The molecule has 0 unspecified atom stereocenters. The summed E-state index contributed by atoms with van der Waals surface area (Å²) in [6.07, 6.45) is 6.00. The second-order valence-corrected chi connectivity index (χ2v) is 12.8. The molecule has 1 fully saturated rings. The number of hydrogen-bond acceptors (Lipinski definition) is 10. The van der Waals surface area contributed by atoms with E-state index in [4.69, 9.17) is 19.9 Å². The number of morpholine rings is 1. The van der Waals surface area contributed by atoms with E-state index in [0.717, 1.165) is 24.9 Å². The molecule has 1 aliphatic heterocycles. The zero-order valence-corrected chi connectivity index (χ0v) is 26.1. The fourth-order valence-electron chi connectivity index (χ4n) is 5.36. The number of benzene rings is 2. The number of aryl methyl sites for hydroxylation is 1. The van der Waals surface area contributed by atoms with Gasteiger partial charge in [-0.1, -0.05) is 12.1 Å². The number of ether oxygens (including phenoxy) is 3. The first-order valence-electron chi connectivity index (χ1n) is 14.6. The minimum atomic E-state index is -3.59. The molecule has 0 bridgehead atoms. The summed E-state index contributed by atoms with van der Waals surface area (Å²) >= 11 is 0. The number of anilines is 2. The summed E-state index contributed by atoms with van der Waals surface area (Å²) < 4.78 is 59.2. The lowest BCUT2D eigenvalue weighted by molar-refractivity contribution is 0.0323. The molecule has 6 rings (SSSR count). The summed E-state index contributed by atoms with van der Waals surface area (Å²) in [4.78, 5) is 20.2. The monoisotopic (exact) mass is 648 g/mol. The third-order valence-electron chi connectivity index (χ3n) is 7.70. The summed E-state index contributed by atoms with van der Waals surface area (Å²) in [6, 6.07) is 11.1. The number of allylic oxidation sites excluding steroid dienone is 1. The lowest BCUT2D eigenvalue weighted by Gasteiger charge is -2.26. The SMILES string of the molecule is Cc1cc(Oc2ccccc2F)ncc1-n1ncc(C(=O)C2=Cc3cc(NS(C)(=O)=O)c(OCCN4CCOCC4)cc3C2)c1N. The van der Waals surface area contributed by atoms with Crippen molar-refractivity contribution in [2.24, 2.45) is 0 Å². The lowest BCUT2D eigenvalue weighted by atomic mass is 10.0. The Balaban J connectivity index is 1.19. The summed E-state index contributed by atoms with van der Waals surface area (Å²) in [5.41, 5.74) is 10.1. The number of pyridine rings is 1. The Kier molecular flexibility index (Phi) is 8.75. The molecule has 240 valence electrons. The number of nitrogens with two attached hydrogens (primary N) is 1. The van der Waals surface area contributed by atoms with Crippen molar-refractivity contribution in [3.05, 3.63) is 88.5 Å². The zero-order chi connectivity index (χ0) is 32.4. The Morgan fingerprint density at radius 3 is 2.65 bits per heavy atom. The molecule has 3 N–H and O–H groups in total. The number of hydrogen-bond donors (Lipinski definition) is 2. The third kappa shape index (κ3) is 6.88. The normalized spacial score (nSPS) is 14.9. The molecule has 2 aliphatic rings. The predicted octanol–water partition coefficient (Wildman–Crippen LogP) is 3.99. The van der Waals surface area contributed by atoms with Crippen LogP contribution in [-0.2, 0) is 21.2 Å². The highest BCUT2D eigenvalue weighted by Crippen LogP contribution is 2.37. The minimum Gasteiger partial charge on any atom is -0.490 e. The molecular weight excluding hydrogens is 615 g/mol. The fraction of sp³-hybridized carbons (Fsp3) is 0.281. The van der Waals surface area contributed by atoms with Crippen molar-refractivity contribution in [1.29, 1.82) is 0 Å². The van der Waals surface area contributed by atoms with Gasteiger partial charge in [-0.3, -0.25) is 14.4 Å². The molecule has 3 heterocycles. The number of halogens is 1. The molecule has 12 nitrogen and oxygen atoms in total. The maximum atomic E-state index is 14.0. The van der Waals surface area contributed by atoms with Crippen LogP contribution in [0.2, 0.25) is 0 Å². The van der Waals surface area contributed by atoms with E-state index < -0.39 is 15.8 Å². The number of nitrogens with one attached hydrogen (secondary N) is 1. The molecule has 0 radical (unpaired) electrons. The van der Waals surface area contributed by atoms with Crippen molar-refractivity contribution in [3.63, 3.8) is 0 Å². The number of carbonyl (C=O) groups excluding carboxylic acids is 1. The number of rotatable bonds is 11. The van der Waals surface area contributed by atoms with Gasteiger partial charge in [0.15, 0.2) is 17.3 Å². The highest BCUT2D eigenvalue weighted by Gasteiger charge is 2.26. The molecule has 0 atom stereocenters. The van der Waals surface area contributed by atoms with E-state index in [1.54, 1.807) is 43.3 Å². The fourth-order valence-corrected chi connectivity index (χ4v) is 5.92. The highest BCUT2D eigenvalue weighted by molar-refractivity contribution is 7.92. The van der Waals surface area contributed by atoms with Crippen LogP contribution in [0.4, 0.5) is 15.9 Å². The molecule has 0 spiro atoms. The van der Waals surface area contributed by atoms with E-state index >= 15 is 0 Å². The number of fused-ring (bicyclic) bond motifs is 1.